The fraction of sp³-hybridized carbons (Fsp3) is 0.455. The Bertz CT molecular complexity index is 1420. The van der Waals surface area contributed by atoms with Crippen LogP contribution < -0.4 is 20.7 Å². The van der Waals surface area contributed by atoms with Crippen LogP contribution in [0.4, 0.5) is 0 Å². The standard InChI is InChI=1S/C33H42N6O5/c1-19-12-20(2)30(21(3)13-19)44-18-23(41)16-35-27(6-9-34-4)26(17-40)31-36-28-14-24-25(15-29(28)37-31)33(43)39(32(24)42)22-7-10-38(5)11-8-22/h6,9,12-15,17,22-23,28-29,35-37,41H,7-8,10-11,16,18H2,1-5H3/t23-,28?,29?/m1/s1. The Morgan fingerprint density at radius 3 is 2.23 bits per heavy atom. The second-order valence-electron chi connectivity index (χ2n) is 12.0. The highest BCUT2D eigenvalue weighted by atomic mass is 16.5. The highest BCUT2D eigenvalue weighted by molar-refractivity contribution is 6.25. The number of aryl methyl sites for hydroxylation is 3. The Hall–Kier alpha value is -4.22. The highest BCUT2D eigenvalue weighted by Gasteiger charge is 2.47. The summed E-state index contributed by atoms with van der Waals surface area (Å²) in [6.45, 7) is 7.86. The van der Waals surface area contributed by atoms with E-state index in [9.17, 15) is 19.5 Å². The van der Waals surface area contributed by atoms with Crippen molar-refractivity contribution in [1.82, 2.24) is 25.8 Å². The monoisotopic (exact) mass is 602 g/mol. The van der Waals surface area contributed by atoms with E-state index in [1.807, 2.05) is 40.0 Å². The molecule has 3 saturated heterocycles. The van der Waals surface area contributed by atoms with Crippen LogP contribution in [0.1, 0.15) is 29.5 Å². The van der Waals surface area contributed by atoms with Gasteiger partial charge in [-0.3, -0.25) is 24.3 Å². The van der Waals surface area contributed by atoms with E-state index < -0.39 is 6.10 Å². The molecule has 0 spiro atoms. The van der Waals surface area contributed by atoms with Crippen LogP contribution in [0.25, 0.3) is 0 Å². The normalized spacial score (nSPS) is 23.1. The number of allylic oxidation sites excluding steroid dienone is 2. The molecule has 3 heterocycles. The fourth-order valence-corrected chi connectivity index (χ4v) is 6.36. The number of aliphatic imine (C=N–C) groups is 1. The molecule has 4 N–H and O–H groups in total. The number of carbonyl (C=O) groups is 3. The quantitative estimate of drug-likeness (QED) is 0.135. The molecular formula is C33H42N6O5. The highest BCUT2D eigenvalue weighted by Crippen LogP contribution is 2.35. The molecule has 2 amide bonds. The number of nitrogens with one attached hydrogen (secondary N) is 3. The van der Waals surface area contributed by atoms with Gasteiger partial charge in [-0.15, -0.1) is 0 Å². The minimum Gasteiger partial charge on any atom is -0.490 e. The smallest absolute Gasteiger partial charge is 0.261 e. The number of nitrogens with zero attached hydrogens (tertiary/aromatic N) is 3. The van der Waals surface area contributed by atoms with Gasteiger partial charge < -0.3 is 30.7 Å². The van der Waals surface area contributed by atoms with Crippen LogP contribution in [-0.4, -0.2) is 104 Å². The molecule has 0 saturated carbocycles. The number of aliphatic hydroxyl groups is 1. The zero-order valence-corrected chi connectivity index (χ0v) is 26.0. The SMILES string of the molecule is CN=CC=C(NC[C@@H](O)COc1c(C)cc(C)cc1C)C(C=O)=C1NC2C=C3C(=O)N(C4CCN(C)CC4)C(=O)C3=CC2N1. The molecule has 11 heteroatoms. The maximum absolute atomic E-state index is 13.4. The molecule has 0 radical (unpaired) electrons. The first kappa shape index (κ1) is 31.2. The summed E-state index contributed by atoms with van der Waals surface area (Å²) in [5.74, 6) is 0.701. The van der Waals surface area contributed by atoms with Crippen molar-refractivity contribution >= 4 is 24.3 Å². The van der Waals surface area contributed by atoms with Gasteiger partial charge in [0.25, 0.3) is 11.8 Å². The number of rotatable bonds is 10. The van der Waals surface area contributed by atoms with Crippen molar-refractivity contribution in [3.63, 3.8) is 0 Å². The van der Waals surface area contributed by atoms with Crippen LogP contribution in [0, 0.1) is 20.8 Å². The van der Waals surface area contributed by atoms with Crippen molar-refractivity contribution in [3.8, 4) is 5.75 Å². The third-order valence-corrected chi connectivity index (χ3v) is 8.56. The van der Waals surface area contributed by atoms with Crippen LogP contribution in [0.2, 0.25) is 0 Å². The summed E-state index contributed by atoms with van der Waals surface area (Å²) in [5, 5.41) is 20.5. The maximum atomic E-state index is 13.4. The molecule has 5 rings (SSSR count). The van der Waals surface area contributed by atoms with E-state index in [1.54, 1.807) is 31.5 Å². The largest absolute Gasteiger partial charge is 0.490 e. The Kier molecular flexibility index (Phi) is 9.36. The topological polar surface area (TPSA) is 136 Å². The van der Waals surface area contributed by atoms with Crippen LogP contribution in [0.3, 0.4) is 0 Å². The number of fused-ring (bicyclic) bond motifs is 2. The van der Waals surface area contributed by atoms with E-state index in [-0.39, 0.29) is 43.1 Å². The van der Waals surface area contributed by atoms with Crippen LogP contribution >= 0.6 is 0 Å². The Morgan fingerprint density at radius 1 is 1.09 bits per heavy atom. The molecule has 1 aliphatic carbocycles. The average Bonchev–Trinajstić information content (AvgIpc) is 3.50. The zero-order chi connectivity index (χ0) is 31.5. The molecule has 3 aliphatic heterocycles. The number of amides is 2. The van der Waals surface area contributed by atoms with E-state index in [4.69, 9.17) is 4.74 Å². The molecule has 11 nitrogen and oxygen atoms in total. The third-order valence-electron chi connectivity index (χ3n) is 8.56. The van der Waals surface area contributed by atoms with Crippen molar-refractivity contribution in [1.29, 1.82) is 0 Å². The minimum atomic E-state index is -0.861. The van der Waals surface area contributed by atoms with Crippen molar-refractivity contribution in [2.45, 2.75) is 57.8 Å². The molecule has 1 aromatic rings. The van der Waals surface area contributed by atoms with Gasteiger partial charge in [0.05, 0.1) is 28.8 Å². The number of hydrogen-bond acceptors (Lipinski definition) is 10. The Labute approximate surface area is 258 Å². The summed E-state index contributed by atoms with van der Waals surface area (Å²) >= 11 is 0. The first-order valence-electron chi connectivity index (χ1n) is 15.1. The number of ether oxygens (including phenoxy) is 1. The van der Waals surface area contributed by atoms with Crippen LogP contribution in [0.15, 0.2) is 63.6 Å². The Morgan fingerprint density at radius 2 is 1.68 bits per heavy atom. The lowest BCUT2D eigenvalue weighted by molar-refractivity contribution is -0.140. The first-order valence-corrected chi connectivity index (χ1v) is 15.1. The predicted molar refractivity (Wildman–Crippen MR) is 168 cm³/mol. The molecule has 3 fully saturated rings. The van der Waals surface area contributed by atoms with Gasteiger partial charge in [0.2, 0.25) is 0 Å². The number of aldehydes is 1. The van der Waals surface area contributed by atoms with Gasteiger partial charge in [0.1, 0.15) is 24.3 Å². The summed E-state index contributed by atoms with van der Waals surface area (Å²) in [6, 6.07) is 3.33. The van der Waals surface area contributed by atoms with Crippen LogP contribution in [0.5, 0.6) is 5.75 Å². The number of likely N-dealkylation sites (tertiary alicyclic amines) is 2. The molecule has 0 bridgehead atoms. The van der Waals surface area contributed by atoms with Gasteiger partial charge in [-0.05, 0) is 83.1 Å². The van der Waals surface area contributed by atoms with Crippen molar-refractivity contribution in [2.75, 3.05) is 40.3 Å². The molecule has 4 aliphatic rings. The summed E-state index contributed by atoms with van der Waals surface area (Å²) in [4.78, 5) is 46.8. The lowest BCUT2D eigenvalue weighted by atomic mass is 9.94. The Balaban J connectivity index is 1.28. The van der Waals surface area contributed by atoms with Crippen molar-refractivity contribution in [2.24, 2.45) is 4.99 Å². The van der Waals surface area contributed by atoms with Crippen molar-refractivity contribution in [3.05, 3.63) is 75.3 Å². The van der Waals surface area contributed by atoms with Gasteiger partial charge in [0, 0.05) is 31.5 Å². The first-order chi connectivity index (χ1) is 21.1. The average molecular weight is 603 g/mol. The number of hydrogen-bond donors (Lipinski definition) is 4. The third kappa shape index (κ3) is 6.34. The molecule has 3 atom stereocenters. The van der Waals surface area contributed by atoms with Gasteiger partial charge in [-0.25, -0.2) is 0 Å². The summed E-state index contributed by atoms with van der Waals surface area (Å²) in [5.41, 5.74) is 4.71. The van der Waals surface area contributed by atoms with E-state index in [0.717, 1.165) is 54.7 Å². The van der Waals surface area contributed by atoms with Gasteiger partial charge in [-0.2, -0.15) is 0 Å². The molecule has 0 aromatic heterocycles. The number of benzene rings is 1. The second kappa shape index (κ2) is 13.2. The number of carbonyl (C=O) groups excluding carboxylic acids is 3. The second-order valence-corrected chi connectivity index (χ2v) is 12.0. The number of piperidine rings is 1. The molecule has 44 heavy (non-hydrogen) atoms. The summed E-state index contributed by atoms with van der Waals surface area (Å²) < 4.78 is 5.94. The van der Waals surface area contributed by atoms with Crippen molar-refractivity contribution < 1.29 is 24.2 Å². The van der Waals surface area contributed by atoms with E-state index in [2.05, 4.69) is 25.8 Å². The molecular weight excluding hydrogens is 560 g/mol. The predicted octanol–water partition coefficient (Wildman–Crippen LogP) is 1.20. The van der Waals surface area contributed by atoms with E-state index >= 15 is 0 Å². The van der Waals surface area contributed by atoms with Gasteiger partial charge in [0.15, 0.2) is 6.29 Å². The lowest BCUT2D eigenvalue weighted by Crippen LogP contribution is -2.46. The van der Waals surface area contributed by atoms with Gasteiger partial charge >= 0.3 is 0 Å². The van der Waals surface area contributed by atoms with Crippen LogP contribution in [-0.2, 0) is 14.4 Å². The molecule has 1 aromatic carbocycles. The summed E-state index contributed by atoms with van der Waals surface area (Å²) in [6.07, 6.45) is 8.18. The zero-order valence-electron chi connectivity index (χ0n) is 26.0. The number of imide groups is 1. The minimum absolute atomic E-state index is 0.0678. The summed E-state index contributed by atoms with van der Waals surface area (Å²) in [7, 11) is 3.67. The van der Waals surface area contributed by atoms with E-state index in [1.165, 1.54) is 4.90 Å². The fourth-order valence-electron chi connectivity index (χ4n) is 6.36. The van der Waals surface area contributed by atoms with Gasteiger partial charge in [-0.1, -0.05) is 17.7 Å². The lowest BCUT2D eigenvalue weighted by Gasteiger charge is -2.33. The maximum Gasteiger partial charge on any atom is 0.261 e. The molecule has 2 unspecified atom stereocenters. The molecule has 234 valence electrons. The number of aliphatic hydroxyl groups excluding tert-OH is 1. The van der Waals surface area contributed by atoms with E-state index in [0.29, 0.717) is 28.2 Å².